The van der Waals surface area contributed by atoms with E-state index in [4.69, 9.17) is 16.9 Å². The van der Waals surface area contributed by atoms with Crippen molar-refractivity contribution < 1.29 is 8.78 Å². The lowest BCUT2D eigenvalue weighted by atomic mass is 9.87. The molecule has 0 radical (unpaired) electrons. The highest BCUT2D eigenvalue weighted by Gasteiger charge is 2.34. The van der Waals surface area contributed by atoms with Gasteiger partial charge in [-0.3, -0.25) is 0 Å². The van der Waals surface area contributed by atoms with Crippen LogP contribution in [0.25, 0.3) is 0 Å². The van der Waals surface area contributed by atoms with Gasteiger partial charge in [-0.15, -0.1) is 0 Å². The van der Waals surface area contributed by atoms with Crippen LogP contribution in [0.4, 0.5) is 14.6 Å². The van der Waals surface area contributed by atoms with Gasteiger partial charge in [-0.25, -0.2) is 18.7 Å². The van der Waals surface area contributed by atoms with E-state index in [0.717, 1.165) is 0 Å². The smallest absolute Gasteiger partial charge is 0.248 e. The Morgan fingerprint density at radius 3 is 2.74 bits per heavy atom. The summed E-state index contributed by atoms with van der Waals surface area (Å²) in [6.07, 6.45) is 2.06. The van der Waals surface area contributed by atoms with E-state index in [9.17, 15) is 8.78 Å². The lowest BCUT2D eigenvalue weighted by Crippen LogP contribution is -2.28. The molecule has 0 bridgehead atoms. The molecule has 1 aliphatic carbocycles. The van der Waals surface area contributed by atoms with Crippen molar-refractivity contribution in [3.05, 3.63) is 17.0 Å². The molecule has 7 heteroatoms. The minimum atomic E-state index is -2.52. The Kier molecular flexibility index (Phi) is 4.15. The minimum absolute atomic E-state index is 0.0744. The van der Waals surface area contributed by atoms with Crippen LogP contribution in [0.2, 0.25) is 5.15 Å². The first-order chi connectivity index (χ1) is 9.02. The van der Waals surface area contributed by atoms with Crippen LogP contribution in [0.5, 0.6) is 0 Å². The summed E-state index contributed by atoms with van der Waals surface area (Å²) in [4.78, 5) is 7.66. The molecule has 1 N–H and O–H groups in total. The number of nitrogens with one attached hydrogen (secondary N) is 1. The molecular formula is C12H13ClF2N4. The topological polar surface area (TPSA) is 61.6 Å². The molecule has 1 saturated carbocycles. The number of rotatable bonds is 3. The molecule has 0 aliphatic heterocycles. The maximum atomic E-state index is 13.0. The highest BCUT2D eigenvalue weighted by atomic mass is 35.5. The molecular weight excluding hydrogens is 274 g/mol. The van der Waals surface area contributed by atoms with E-state index in [2.05, 4.69) is 15.3 Å². The highest BCUT2D eigenvalue weighted by molar-refractivity contribution is 6.30. The fraction of sp³-hybridized carbons (Fsp3) is 0.583. The second-order valence-corrected chi connectivity index (χ2v) is 5.04. The third-order valence-electron chi connectivity index (χ3n) is 3.31. The maximum absolute atomic E-state index is 13.0. The van der Waals surface area contributed by atoms with Gasteiger partial charge in [0.2, 0.25) is 5.92 Å². The Labute approximate surface area is 114 Å². The summed E-state index contributed by atoms with van der Waals surface area (Å²) in [5.74, 6) is -1.99. The number of aromatic nitrogens is 2. The first-order valence-electron chi connectivity index (χ1n) is 6.04. The van der Waals surface area contributed by atoms with Crippen LogP contribution in [0, 0.1) is 17.2 Å². The van der Waals surface area contributed by atoms with E-state index in [1.54, 1.807) is 0 Å². The minimum Gasteiger partial charge on any atom is -0.369 e. The van der Waals surface area contributed by atoms with E-state index >= 15 is 0 Å². The summed E-state index contributed by atoms with van der Waals surface area (Å²) in [7, 11) is 0. The van der Waals surface area contributed by atoms with Gasteiger partial charge < -0.3 is 5.32 Å². The fourth-order valence-electron chi connectivity index (χ4n) is 2.14. The van der Waals surface area contributed by atoms with E-state index in [1.165, 1.54) is 6.33 Å². The Balaban J connectivity index is 1.94. The molecule has 0 atom stereocenters. The Hall–Kier alpha value is -1.48. The van der Waals surface area contributed by atoms with Crippen molar-refractivity contribution >= 4 is 17.4 Å². The lowest BCUT2D eigenvalue weighted by molar-refractivity contribution is -0.0443. The zero-order chi connectivity index (χ0) is 13.9. The molecule has 0 spiro atoms. The van der Waals surface area contributed by atoms with Gasteiger partial charge in [0.05, 0.1) is 0 Å². The van der Waals surface area contributed by atoms with Gasteiger partial charge in [0.1, 0.15) is 23.8 Å². The van der Waals surface area contributed by atoms with E-state index in [1.807, 2.05) is 6.07 Å². The average molecular weight is 287 g/mol. The predicted molar refractivity (Wildman–Crippen MR) is 67.2 cm³/mol. The number of halogens is 3. The van der Waals surface area contributed by atoms with Gasteiger partial charge in [0, 0.05) is 19.4 Å². The van der Waals surface area contributed by atoms with Crippen LogP contribution < -0.4 is 5.32 Å². The number of nitriles is 1. The molecule has 102 valence electrons. The summed E-state index contributed by atoms with van der Waals surface area (Å²) in [5.41, 5.74) is 0.185. The zero-order valence-corrected chi connectivity index (χ0v) is 10.9. The monoisotopic (exact) mass is 286 g/mol. The number of alkyl halides is 2. The average Bonchev–Trinajstić information content (AvgIpc) is 2.37. The second-order valence-electron chi connectivity index (χ2n) is 4.68. The first kappa shape index (κ1) is 13.9. The van der Waals surface area contributed by atoms with Crippen LogP contribution >= 0.6 is 11.6 Å². The Morgan fingerprint density at radius 1 is 1.42 bits per heavy atom. The molecule has 4 nitrogen and oxygen atoms in total. The SMILES string of the molecule is N#Cc1c(Cl)ncnc1NCC1CCC(F)(F)CC1. The summed E-state index contributed by atoms with van der Waals surface area (Å²) >= 11 is 5.78. The van der Waals surface area contributed by atoms with E-state index in [-0.39, 0.29) is 29.5 Å². The number of hydrogen-bond donors (Lipinski definition) is 1. The van der Waals surface area contributed by atoms with Crippen molar-refractivity contribution in [1.82, 2.24) is 9.97 Å². The summed E-state index contributed by atoms with van der Waals surface area (Å²) in [6, 6.07) is 1.93. The van der Waals surface area contributed by atoms with Crippen LogP contribution in [0.3, 0.4) is 0 Å². The van der Waals surface area contributed by atoms with Crippen molar-refractivity contribution in [3.8, 4) is 6.07 Å². The standard InChI is InChI=1S/C12H13ClF2N4/c13-10-9(5-16)11(19-7-18-10)17-6-8-1-3-12(14,15)4-2-8/h7-8H,1-4,6H2,(H,17,18,19). The Morgan fingerprint density at radius 2 is 2.11 bits per heavy atom. The van der Waals surface area contributed by atoms with Crippen molar-refractivity contribution in [2.24, 2.45) is 5.92 Å². The van der Waals surface area contributed by atoms with Crippen molar-refractivity contribution in [2.75, 3.05) is 11.9 Å². The number of hydrogen-bond acceptors (Lipinski definition) is 4. The zero-order valence-electron chi connectivity index (χ0n) is 10.2. The maximum Gasteiger partial charge on any atom is 0.248 e. The van der Waals surface area contributed by atoms with Crippen LogP contribution in [0.1, 0.15) is 31.2 Å². The lowest BCUT2D eigenvalue weighted by Gasteiger charge is -2.28. The third-order valence-corrected chi connectivity index (χ3v) is 3.59. The predicted octanol–water partition coefficient (Wildman–Crippen LogP) is 3.24. The Bertz CT molecular complexity index is 491. The number of nitrogens with zero attached hydrogens (tertiary/aromatic N) is 3. The normalized spacial score (nSPS) is 18.8. The van der Waals surface area contributed by atoms with Gasteiger partial charge in [-0.05, 0) is 18.8 Å². The molecule has 1 aliphatic rings. The molecule has 0 unspecified atom stereocenters. The van der Waals surface area contributed by atoms with Gasteiger partial charge in [0.15, 0.2) is 5.15 Å². The highest BCUT2D eigenvalue weighted by Crippen LogP contribution is 2.36. The molecule has 0 amide bonds. The molecule has 1 fully saturated rings. The van der Waals surface area contributed by atoms with E-state index in [0.29, 0.717) is 25.2 Å². The molecule has 2 rings (SSSR count). The number of anilines is 1. The van der Waals surface area contributed by atoms with Crippen LogP contribution in [-0.4, -0.2) is 22.4 Å². The van der Waals surface area contributed by atoms with E-state index < -0.39 is 5.92 Å². The summed E-state index contributed by atoms with van der Waals surface area (Å²) in [5, 5.41) is 12.0. The van der Waals surface area contributed by atoms with Crippen LogP contribution in [-0.2, 0) is 0 Å². The van der Waals surface area contributed by atoms with Gasteiger partial charge in [0.25, 0.3) is 0 Å². The molecule has 1 aromatic rings. The summed E-state index contributed by atoms with van der Waals surface area (Å²) in [6.45, 7) is 0.512. The van der Waals surface area contributed by atoms with Crippen molar-refractivity contribution in [3.63, 3.8) is 0 Å². The quantitative estimate of drug-likeness (QED) is 0.867. The van der Waals surface area contributed by atoms with Gasteiger partial charge in [-0.1, -0.05) is 11.6 Å². The first-order valence-corrected chi connectivity index (χ1v) is 6.42. The molecule has 0 saturated heterocycles. The van der Waals surface area contributed by atoms with Crippen molar-refractivity contribution in [1.29, 1.82) is 5.26 Å². The second kappa shape index (κ2) is 5.66. The molecule has 0 aromatic carbocycles. The van der Waals surface area contributed by atoms with Gasteiger partial charge in [-0.2, -0.15) is 5.26 Å². The molecule has 19 heavy (non-hydrogen) atoms. The summed E-state index contributed by atoms with van der Waals surface area (Å²) < 4.78 is 26.0. The van der Waals surface area contributed by atoms with Crippen molar-refractivity contribution in [2.45, 2.75) is 31.6 Å². The van der Waals surface area contributed by atoms with Gasteiger partial charge >= 0.3 is 0 Å². The van der Waals surface area contributed by atoms with Crippen LogP contribution in [0.15, 0.2) is 6.33 Å². The molecule has 1 heterocycles. The fourth-order valence-corrected chi connectivity index (χ4v) is 2.32. The third kappa shape index (κ3) is 3.51. The molecule has 1 aromatic heterocycles. The largest absolute Gasteiger partial charge is 0.369 e.